The van der Waals surface area contributed by atoms with Crippen LogP contribution in [-0.4, -0.2) is 20.9 Å². The topological polar surface area (TPSA) is 111 Å². The quantitative estimate of drug-likeness (QED) is 0.363. The number of nitrogens with two attached hydrogens (primary N) is 2. The van der Waals surface area contributed by atoms with Crippen molar-refractivity contribution in [3.8, 4) is 0 Å². The van der Waals surface area contributed by atoms with Crippen molar-refractivity contribution in [2.75, 3.05) is 6.54 Å². The third-order valence-corrected chi connectivity index (χ3v) is 3.60. The molecule has 0 unspecified atom stereocenters. The Bertz CT molecular complexity index is 573. The molecule has 120 valence electrons. The molecule has 0 spiro atoms. The summed E-state index contributed by atoms with van der Waals surface area (Å²) < 4.78 is 22.5. The van der Waals surface area contributed by atoms with Crippen molar-refractivity contribution >= 4 is 40.0 Å². The number of rotatable bonds is 6. The molecule has 0 radical (unpaired) electrons. The summed E-state index contributed by atoms with van der Waals surface area (Å²) in [7, 11) is -3.68. The molecule has 0 amide bonds. The number of primary sulfonamides is 1. The van der Waals surface area contributed by atoms with Gasteiger partial charge in [-0.15, -0.1) is 24.0 Å². The fraction of sp³-hybridized carbons (Fsp3) is 0.462. The highest BCUT2D eigenvalue weighted by Crippen LogP contribution is 2.10. The monoisotopic (exact) mass is 426 g/mol. The van der Waals surface area contributed by atoms with Gasteiger partial charge in [0.1, 0.15) is 0 Å². The lowest BCUT2D eigenvalue weighted by molar-refractivity contribution is 0.576. The van der Waals surface area contributed by atoms with E-state index >= 15 is 0 Å². The Morgan fingerprint density at radius 2 is 2.05 bits per heavy atom. The summed E-state index contributed by atoms with van der Waals surface area (Å²) in [5, 5.41) is 8.09. The van der Waals surface area contributed by atoms with Crippen LogP contribution in [0.3, 0.4) is 0 Å². The first kappa shape index (κ1) is 20.1. The average Bonchev–Trinajstić information content (AvgIpc) is 2.35. The highest BCUT2D eigenvalue weighted by atomic mass is 127. The number of nitrogens with one attached hydrogen (secondary N) is 1. The second-order valence-electron chi connectivity index (χ2n) is 5.00. The average molecular weight is 426 g/mol. The summed E-state index contributed by atoms with van der Waals surface area (Å²) in [6.45, 7) is 5.34. The van der Waals surface area contributed by atoms with E-state index in [4.69, 9.17) is 10.9 Å². The second-order valence-corrected chi connectivity index (χ2v) is 6.56. The maximum Gasteiger partial charge on any atom is 0.238 e. The van der Waals surface area contributed by atoms with Crippen LogP contribution in [0, 0.1) is 5.92 Å². The lowest BCUT2D eigenvalue weighted by Crippen LogP contribution is -2.32. The van der Waals surface area contributed by atoms with Gasteiger partial charge in [-0.25, -0.2) is 18.5 Å². The fourth-order valence-electron chi connectivity index (χ4n) is 1.54. The third-order valence-electron chi connectivity index (χ3n) is 2.69. The maximum atomic E-state index is 11.2. The minimum Gasteiger partial charge on any atom is -0.370 e. The van der Waals surface area contributed by atoms with E-state index in [9.17, 15) is 8.42 Å². The van der Waals surface area contributed by atoms with Gasteiger partial charge in [0.25, 0.3) is 0 Å². The highest BCUT2D eigenvalue weighted by molar-refractivity contribution is 14.0. The molecule has 0 aliphatic carbocycles. The van der Waals surface area contributed by atoms with E-state index in [1.54, 1.807) is 12.1 Å². The smallest absolute Gasteiger partial charge is 0.238 e. The van der Waals surface area contributed by atoms with Crippen LogP contribution in [0.4, 0.5) is 0 Å². The van der Waals surface area contributed by atoms with Crippen molar-refractivity contribution in [2.24, 2.45) is 21.8 Å². The number of halogens is 1. The van der Waals surface area contributed by atoms with Crippen LogP contribution >= 0.6 is 24.0 Å². The molecule has 1 aromatic rings. The number of guanidine groups is 1. The van der Waals surface area contributed by atoms with Crippen LogP contribution in [-0.2, 0) is 16.6 Å². The van der Waals surface area contributed by atoms with Crippen LogP contribution in [0.25, 0.3) is 0 Å². The molecule has 1 aromatic carbocycles. The molecule has 0 heterocycles. The molecule has 0 aliphatic heterocycles. The maximum absolute atomic E-state index is 11.2. The molecule has 0 saturated carbocycles. The summed E-state index contributed by atoms with van der Waals surface area (Å²) in [4.78, 5) is 4.24. The first-order valence-electron chi connectivity index (χ1n) is 6.44. The molecule has 0 atom stereocenters. The zero-order valence-electron chi connectivity index (χ0n) is 12.2. The molecule has 6 nitrogen and oxygen atoms in total. The molecule has 0 saturated heterocycles. The van der Waals surface area contributed by atoms with E-state index in [0.29, 0.717) is 18.4 Å². The predicted octanol–water partition coefficient (Wildman–Crippen LogP) is 1.40. The van der Waals surface area contributed by atoms with Crippen molar-refractivity contribution in [1.29, 1.82) is 0 Å². The van der Waals surface area contributed by atoms with Gasteiger partial charge in [-0.1, -0.05) is 26.0 Å². The van der Waals surface area contributed by atoms with Crippen molar-refractivity contribution in [3.63, 3.8) is 0 Å². The van der Waals surface area contributed by atoms with Gasteiger partial charge < -0.3 is 11.1 Å². The van der Waals surface area contributed by atoms with Crippen LogP contribution in [0.2, 0.25) is 0 Å². The normalized spacial score (nSPS) is 12.1. The Kier molecular flexibility index (Phi) is 8.83. The Balaban J connectivity index is 0.00000400. The van der Waals surface area contributed by atoms with Gasteiger partial charge in [0, 0.05) is 6.54 Å². The molecule has 21 heavy (non-hydrogen) atoms. The zero-order chi connectivity index (χ0) is 15.2. The summed E-state index contributed by atoms with van der Waals surface area (Å²) in [5.41, 5.74) is 6.47. The van der Waals surface area contributed by atoms with E-state index in [1.807, 2.05) is 0 Å². The Morgan fingerprint density at radius 3 is 2.62 bits per heavy atom. The number of benzene rings is 1. The number of aliphatic imine (C=N–C) groups is 1. The summed E-state index contributed by atoms with van der Waals surface area (Å²) in [5.74, 6) is 0.952. The number of hydrogen-bond donors (Lipinski definition) is 3. The molecule has 0 bridgehead atoms. The van der Waals surface area contributed by atoms with Gasteiger partial charge in [-0.2, -0.15) is 0 Å². The molecule has 0 aromatic heterocycles. The van der Waals surface area contributed by atoms with E-state index in [2.05, 4.69) is 24.2 Å². The molecule has 1 rings (SSSR count). The van der Waals surface area contributed by atoms with Gasteiger partial charge in [0.2, 0.25) is 10.0 Å². The molecule has 5 N–H and O–H groups in total. The molecule has 8 heteroatoms. The van der Waals surface area contributed by atoms with Gasteiger partial charge in [-0.3, -0.25) is 0 Å². The fourth-order valence-corrected chi connectivity index (χ4v) is 2.13. The van der Waals surface area contributed by atoms with E-state index in [0.717, 1.165) is 18.5 Å². The molecular weight excluding hydrogens is 403 g/mol. The Hall–Kier alpha value is -0.870. The number of hydrogen-bond acceptors (Lipinski definition) is 3. The highest BCUT2D eigenvalue weighted by Gasteiger charge is 2.07. The van der Waals surface area contributed by atoms with Gasteiger partial charge in [0.05, 0.1) is 11.4 Å². The van der Waals surface area contributed by atoms with Crippen LogP contribution < -0.4 is 16.2 Å². The summed E-state index contributed by atoms with van der Waals surface area (Å²) >= 11 is 0. The lowest BCUT2D eigenvalue weighted by Gasteiger charge is -2.07. The largest absolute Gasteiger partial charge is 0.370 e. The van der Waals surface area contributed by atoms with Crippen molar-refractivity contribution in [3.05, 3.63) is 29.8 Å². The second kappa shape index (κ2) is 9.21. The summed E-state index contributed by atoms with van der Waals surface area (Å²) in [6, 6.07) is 6.36. The Labute approximate surface area is 143 Å². The van der Waals surface area contributed by atoms with Crippen LogP contribution in [0.1, 0.15) is 25.8 Å². The van der Waals surface area contributed by atoms with E-state index in [-0.39, 0.29) is 28.9 Å². The van der Waals surface area contributed by atoms with Crippen molar-refractivity contribution in [1.82, 2.24) is 5.32 Å². The van der Waals surface area contributed by atoms with E-state index < -0.39 is 10.0 Å². The van der Waals surface area contributed by atoms with Gasteiger partial charge in [0.15, 0.2) is 5.96 Å². The van der Waals surface area contributed by atoms with E-state index in [1.165, 1.54) is 12.1 Å². The standard InChI is InChI=1S/C13H22N4O2S.HI/c1-10(2)6-7-16-13(14)17-9-11-4-3-5-12(8-11)20(15,18)19;/h3-5,8,10H,6-7,9H2,1-2H3,(H3,14,16,17)(H2,15,18,19);1H. The first-order valence-corrected chi connectivity index (χ1v) is 7.99. The van der Waals surface area contributed by atoms with Crippen LogP contribution in [0.15, 0.2) is 34.2 Å². The molecule has 0 fully saturated rings. The SMILES string of the molecule is CC(C)CCNC(N)=NCc1cccc(S(N)(=O)=O)c1.I. The molecular formula is C13H23IN4O2S. The minimum absolute atomic E-state index is 0. The minimum atomic E-state index is -3.68. The number of sulfonamides is 1. The van der Waals surface area contributed by atoms with Crippen molar-refractivity contribution in [2.45, 2.75) is 31.7 Å². The lowest BCUT2D eigenvalue weighted by atomic mass is 10.1. The summed E-state index contributed by atoms with van der Waals surface area (Å²) in [6.07, 6.45) is 1.01. The Morgan fingerprint density at radius 1 is 1.38 bits per heavy atom. The third kappa shape index (κ3) is 8.22. The van der Waals surface area contributed by atoms with Gasteiger partial charge >= 0.3 is 0 Å². The first-order chi connectivity index (χ1) is 9.29. The van der Waals surface area contributed by atoms with Crippen molar-refractivity contribution < 1.29 is 8.42 Å². The van der Waals surface area contributed by atoms with Crippen LogP contribution in [0.5, 0.6) is 0 Å². The predicted molar refractivity (Wildman–Crippen MR) is 96.0 cm³/mol. The zero-order valence-corrected chi connectivity index (χ0v) is 15.4. The number of nitrogens with zero attached hydrogens (tertiary/aromatic N) is 1. The van der Waals surface area contributed by atoms with Gasteiger partial charge in [-0.05, 0) is 30.0 Å². The molecule has 0 aliphatic rings.